The third-order valence-corrected chi connectivity index (χ3v) is 5.00. The number of amides is 1. The van der Waals surface area contributed by atoms with E-state index in [1.165, 1.54) is 12.1 Å². The molecule has 112 valence electrons. The normalized spacial score (nSPS) is 21.9. The van der Waals surface area contributed by atoms with Crippen LogP contribution < -0.4 is 5.32 Å². The maximum atomic E-state index is 13.2. The van der Waals surface area contributed by atoms with E-state index in [2.05, 4.69) is 5.32 Å². The highest BCUT2D eigenvalue weighted by Crippen LogP contribution is 2.29. The molecule has 2 aromatic rings. The number of aliphatic hydroxyl groups is 1. The number of hydrogen-bond acceptors (Lipinski definition) is 4. The van der Waals surface area contributed by atoms with Crippen LogP contribution in [0.5, 0.6) is 0 Å². The molecule has 2 N–H and O–H groups in total. The Kier molecular flexibility index (Phi) is 3.67. The molecule has 4 nitrogen and oxygen atoms in total. The second-order valence-corrected chi connectivity index (χ2v) is 6.41. The van der Waals surface area contributed by atoms with Gasteiger partial charge in [-0.05, 0) is 37.3 Å². The number of fused-ring (bicyclic) bond motifs is 1. The van der Waals surface area contributed by atoms with Gasteiger partial charge >= 0.3 is 0 Å². The molecule has 1 fully saturated rings. The molecule has 1 aliphatic rings. The minimum Gasteiger partial charge on any atom is -0.459 e. The molecule has 1 amide bonds. The number of nitrogens with one attached hydrogen (secondary N) is 1. The molecule has 1 atom stereocenters. The predicted molar refractivity (Wildman–Crippen MR) is 79.6 cm³/mol. The van der Waals surface area contributed by atoms with Crippen LogP contribution in [0.4, 0.5) is 4.39 Å². The molecule has 1 unspecified atom stereocenters. The molecule has 0 aliphatic carbocycles. The van der Waals surface area contributed by atoms with Gasteiger partial charge in [0.05, 0.1) is 6.54 Å². The smallest absolute Gasteiger partial charge is 0.253 e. The quantitative estimate of drug-likeness (QED) is 0.914. The number of carbonyl (C=O) groups is 1. The molecule has 1 aromatic carbocycles. The standard InChI is InChI=1S/C15H16FNO3S/c1-9-11-6-10(16)2-3-12(11)20-13(9)7-17-14(18)15(19)4-5-21-8-15/h2-3,6,19H,4-5,7-8H2,1H3,(H,17,18). The first-order valence-corrected chi connectivity index (χ1v) is 7.91. The number of benzene rings is 1. The summed E-state index contributed by atoms with van der Waals surface area (Å²) in [5.41, 5.74) is 0.113. The van der Waals surface area contributed by atoms with Crippen LogP contribution in [-0.4, -0.2) is 28.1 Å². The van der Waals surface area contributed by atoms with Crippen molar-refractivity contribution in [2.24, 2.45) is 0 Å². The molecule has 6 heteroatoms. The average molecular weight is 309 g/mol. The van der Waals surface area contributed by atoms with Gasteiger partial charge in [0.15, 0.2) is 5.60 Å². The lowest BCUT2D eigenvalue weighted by atomic mass is 10.0. The van der Waals surface area contributed by atoms with E-state index in [-0.39, 0.29) is 18.3 Å². The average Bonchev–Trinajstić information content (AvgIpc) is 3.03. The highest BCUT2D eigenvalue weighted by molar-refractivity contribution is 7.99. The zero-order valence-corrected chi connectivity index (χ0v) is 12.4. The monoisotopic (exact) mass is 309 g/mol. The third kappa shape index (κ3) is 2.65. The Morgan fingerprint density at radius 1 is 1.57 bits per heavy atom. The largest absolute Gasteiger partial charge is 0.459 e. The van der Waals surface area contributed by atoms with Gasteiger partial charge in [-0.1, -0.05) is 0 Å². The number of rotatable bonds is 3. The molecule has 1 saturated heterocycles. The first kappa shape index (κ1) is 14.4. The van der Waals surface area contributed by atoms with Crippen LogP contribution in [0, 0.1) is 12.7 Å². The zero-order valence-electron chi connectivity index (χ0n) is 11.6. The molecular formula is C15H16FNO3S. The van der Waals surface area contributed by atoms with Gasteiger partial charge in [-0.25, -0.2) is 4.39 Å². The van der Waals surface area contributed by atoms with Gasteiger partial charge in [-0.2, -0.15) is 11.8 Å². The molecule has 3 rings (SSSR count). The summed E-state index contributed by atoms with van der Waals surface area (Å²) in [6.07, 6.45) is 0.466. The van der Waals surface area contributed by atoms with E-state index in [1.54, 1.807) is 17.8 Å². The van der Waals surface area contributed by atoms with Crippen molar-refractivity contribution < 1.29 is 18.7 Å². The van der Waals surface area contributed by atoms with Crippen molar-refractivity contribution in [2.45, 2.75) is 25.5 Å². The Bertz CT molecular complexity index is 692. The van der Waals surface area contributed by atoms with Crippen LogP contribution in [-0.2, 0) is 11.3 Å². The summed E-state index contributed by atoms with van der Waals surface area (Å²) >= 11 is 1.56. The third-order valence-electron chi connectivity index (χ3n) is 3.83. The van der Waals surface area contributed by atoms with Crippen molar-refractivity contribution in [3.05, 3.63) is 35.3 Å². The lowest BCUT2D eigenvalue weighted by Gasteiger charge is -2.19. The fraction of sp³-hybridized carbons (Fsp3) is 0.400. The van der Waals surface area contributed by atoms with E-state index in [1.807, 2.05) is 6.92 Å². The molecule has 0 saturated carbocycles. The van der Waals surface area contributed by atoms with E-state index < -0.39 is 5.60 Å². The summed E-state index contributed by atoms with van der Waals surface area (Å²) in [4.78, 5) is 12.0. The molecular weight excluding hydrogens is 293 g/mol. The zero-order chi connectivity index (χ0) is 15.0. The summed E-state index contributed by atoms with van der Waals surface area (Å²) < 4.78 is 18.9. The van der Waals surface area contributed by atoms with Crippen LogP contribution in [0.15, 0.2) is 22.6 Å². The van der Waals surface area contributed by atoms with E-state index in [0.29, 0.717) is 28.9 Å². The lowest BCUT2D eigenvalue weighted by Crippen LogP contribution is -2.46. The van der Waals surface area contributed by atoms with Crippen LogP contribution in [0.3, 0.4) is 0 Å². The Balaban J connectivity index is 1.76. The maximum Gasteiger partial charge on any atom is 0.253 e. The number of thioether (sulfide) groups is 1. The SMILES string of the molecule is Cc1c(CNC(=O)C2(O)CCSC2)oc2ccc(F)cc12. The first-order valence-electron chi connectivity index (χ1n) is 6.75. The molecule has 0 spiro atoms. The molecule has 21 heavy (non-hydrogen) atoms. The van der Waals surface area contributed by atoms with Crippen molar-refractivity contribution in [3.63, 3.8) is 0 Å². The van der Waals surface area contributed by atoms with Gasteiger partial charge in [0.2, 0.25) is 0 Å². The minimum atomic E-state index is -1.28. The van der Waals surface area contributed by atoms with E-state index in [0.717, 1.165) is 11.3 Å². The molecule has 1 aliphatic heterocycles. The summed E-state index contributed by atoms with van der Waals surface area (Å²) in [6.45, 7) is 2.01. The van der Waals surface area contributed by atoms with Crippen molar-refractivity contribution in [2.75, 3.05) is 11.5 Å². The number of halogens is 1. The van der Waals surface area contributed by atoms with Crippen molar-refractivity contribution >= 4 is 28.6 Å². The predicted octanol–water partition coefficient (Wildman–Crippen LogP) is 2.36. The van der Waals surface area contributed by atoms with E-state index >= 15 is 0 Å². The highest BCUT2D eigenvalue weighted by Gasteiger charge is 2.39. The van der Waals surface area contributed by atoms with Gasteiger partial charge in [0, 0.05) is 16.7 Å². The summed E-state index contributed by atoms with van der Waals surface area (Å²) in [5.74, 6) is 1.09. The molecule has 0 radical (unpaired) electrons. The first-order chi connectivity index (χ1) is 9.99. The van der Waals surface area contributed by atoms with Crippen LogP contribution in [0.1, 0.15) is 17.7 Å². The van der Waals surface area contributed by atoms with E-state index in [9.17, 15) is 14.3 Å². The van der Waals surface area contributed by atoms with E-state index in [4.69, 9.17) is 4.42 Å². The number of furan rings is 1. The maximum absolute atomic E-state index is 13.2. The molecule has 1 aromatic heterocycles. The summed E-state index contributed by atoms with van der Waals surface area (Å²) in [7, 11) is 0. The second-order valence-electron chi connectivity index (χ2n) is 5.31. The lowest BCUT2D eigenvalue weighted by molar-refractivity contribution is -0.137. The fourth-order valence-corrected chi connectivity index (χ4v) is 3.71. The Hall–Kier alpha value is -1.53. The number of hydrogen-bond donors (Lipinski definition) is 2. The summed E-state index contributed by atoms with van der Waals surface area (Å²) in [5, 5.41) is 13.6. The molecule has 0 bridgehead atoms. The fourth-order valence-electron chi connectivity index (χ4n) is 2.47. The van der Waals surface area contributed by atoms with Crippen LogP contribution >= 0.6 is 11.8 Å². The topological polar surface area (TPSA) is 62.5 Å². The number of aryl methyl sites for hydroxylation is 1. The van der Waals surface area contributed by atoms with Gasteiger partial charge in [-0.3, -0.25) is 4.79 Å². The Labute approximate surface area is 125 Å². The van der Waals surface area contributed by atoms with Crippen molar-refractivity contribution in [1.82, 2.24) is 5.32 Å². The van der Waals surface area contributed by atoms with Gasteiger partial charge in [-0.15, -0.1) is 0 Å². The van der Waals surface area contributed by atoms with Gasteiger partial charge in [0.1, 0.15) is 17.2 Å². The Morgan fingerprint density at radius 2 is 2.38 bits per heavy atom. The molecule has 2 heterocycles. The van der Waals surface area contributed by atoms with Crippen molar-refractivity contribution in [1.29, 1.82) is 0 Å². The number of carbonyl (C=O) groups excluding carboxylic acids is 1. The van der Waals surface area contributed by atoms with Crippen molar-refractivity contribution in [3.8, 4) is 0 Å². The second kappa shape index (κ2) is 5.35. The van der Waals surface area contributed by atoms with Crippen LogP contribution in [0.25, 0.3) is 11.0 Å². The van der Waals surface area contributed by atoms with Crippen LogP contribution in [0.2, 0.25) is 0 Å². The Morgan fingerprint density at radius 3 is 3.10 bits per heavy atom. The van der Waals surface area contributed by atoms with Gasteiger partial charge in [0.25, 0.3) is 5.91 Å². The highest BCUT2D eigenvalue weighted by atomic mass is 32.2. The van der Waals surface area contributed by atoms with Gasteiger partial charge < -0.3 is 14.8 Å². The summed E-state index contributed by atoms with van der Waals surface area (Å²) in [6, 6.07) is 4.33. The minimum absolute atomic E-state index is 0.188.